The smallest absolute Gasteiger partial charge is 0.143 e. The third kappa shape index (κ3) is 9.60. The number of hydrogen-bond acceptors (Lipinski definition) is 7. The maximum absolute atomic E-state index is 9.33. The summed E-state index contributed by atoms with van der Waals surface area (Å²) in [7, 11) is 0. The van der Waals surface area contributed by atoms with Gasteiger partial charge in [0.1, 0.15) is 6.79 Å². The number of aliphatic hydroxyl groups is 3. The van der Waals surface area contributed by atoms with Gasteiger partial charge < -0.3 is 24.8 Å². The van der Waals surface area contributed by atoms with Crippen LogP contribution in [0.5, 0.6) is 0 Å². The minimum atomic E-state index is -0.324. The molecule has 0 aliphatic heterocycles. The van der Waals surface area contributed by atoms with Crippen LogP contribution in [-0.4, -0.2) is 90.4 Å². The van der Waals surface area contributed by atoms with Crippen molar-refractivity contribution in [3.63, 3.8) is 0 Å². The summed E-state index contributed by atoms with van der Waals surface area (Å²) in [4.78, 5) is 3.66. The van der Waals surface area contributed by atoms with E-state index in [2.05, 4.69) is 0 Å². The molecule has 122 valence electrons. The second-order valence-electron chi connectivity index (χ2n) is 4.81. The van der Waals surface area contributed by atoms with Crippen molar-refractivity contribution in [1.82, 2.24) is 9.80 Å². The second kappa shape index (κ2) is 12.5. The minimum Gasteiger partial charge on any atom is -0.381 e. The first-order chi connectivity index (χ1) is 9.57. The van der Waals surface area contributed by atoms with Gasteiger partial charge in [0.25, 0.3) is 0 Å². The van der Waals surface area contributed by atoms with Crippen LogP contribution in [0.2, 0.25) is 0 Å². The van der Waals surface area contributed by atoms with Crippen LogP contribution >= 0.6 is 0 Å². The van der Waals surface area contributed by atoms with Crippen molar-refractivity contribution >= 4 is 0 Å². The molecule has 0 saturated carbocycles. The van der Waals surface area contributed by atoms with E-state index in [0.29, 0.717) is 32.8 Å². The zero-order chi connectivity index (χ0) is 15.4. The van der Waals surface area contributed by atoms with E-state index in [9.17, 15) is 10.2 Å². The Hall–Kier alpha value is -0.280. The molecule has 7 nitrogen and oxygen atoms in total. The summed E-state index contributed by atoms with van der Waals surface area (Å²) < 4.78 is 10.5. The minimum absolute atomic E-state index is 0.0423. The van der Waals surface area contributed by atoms with Crippen LogP contribution in [0.15, 0.2) is 0 Å². The molecule has 0 aromatic rings. The molecular formula is C13H30N2O5. The van der Waals surface area contributed by atoms with Crippen molar-refractivity contribution in [3.8, 4) is 0 Å². The Kier molecular flexibility index (Phi) is 12.3. The number of aliphatic hydroxyl groups excluding tert-OH is 3. The largest absolute Gasteiger partial charge is 0.381 e. The van der Waals surface area contributed by atoms with E-state index in [1.807, 2.05) is 25.7 Å². The Bertz CT molecular complexity index is 199. The molecular weight excluding hydrogens is 264 g/mol. The van der Waals surface area contributed by atoms with E-state index in [4.69, 9.17) is 14.6 Å². The molecule has 3 N–H and O–H groups in total. The maximum Gasteiger partial charge on any atom is 0.143 e. The molecule has 0 saturated heterocycles. The highest BCUT2D eigenvalue weighted by Crippen LogP contribution is 1.99. The monoisotopic (exact) mass is 294 g/mol. The Balaban J connectivity index is 4.04. The van der Waals surface area contributed by atoms with Crippen molar-refractivity contribution in [2.24, 2.45) is 0 Å². The van der Waals surface area contributed by atoms with E-state index in [1.54, 1.807) is 4.90 Å². The lowest BCUT2D eigenvalue weighted by Crippen LogP contribution is -2.42. The van der Waals surface area contributed by atoms with Gasteiger partial charge in [-0.05, 0) is 20.8 Å². The van der Waals surface area contributed by atoms with Gasteiger partial charge in [-0.2, -0.15) is 0 Å². The van der Waals surface area contributed by atoms with Crippen LogP contribution in [0.4, 0.5) is 0 Å². The average molecular weight is 294 g/mol. The fraction of sp³-hybridized carbons (Fsp3) is 1.00. The van der Waals surface area contributed by atoms with E-state index in [-0.39, 0.29) is 32.5 Å². The lowest BCUT2D eigenvalue weighted by atomic mass is 10.3. The molecule has 0 bridgehead atoms. The highest BCUT2D eigenvalue weighted by Gasteiger charge is 2.13. The van der Waals surface area contributed by atoms with Crippen LogP contribution in [0, 0.1) is 0 Å². The summed E-state index contributed by atoms with van der Waals surface area (Å²) in [5, 5.41) is 27.3. The number of ether oxygens (including phenoxy) is 2. The zero-order valence-corrected chi connectivity index (χ0v) is 12.9. The highest BCUT2D eigenvalue weighted by atomic mass is 16.6. The molecule has 2 atom stereocenters. The molecule has 7 heteroatoms. The van der Waals surface area contributed by atoms with Gasteiger partial charge in [-0.1, -0.05) is 0 Å². The quantitative estimate of drug-likeness (QED) is 0.386. The molecule has 0 aliphatic carbocycles. The van der Waals surface area contributed by atoms with Gasteiger partial charge in [-0.15, -0.1) is 0 Å². The van der Waals surface area contributed by atoms with Crippen LogP contribution in [0.25, 0.3) is 0 Å². The molecule has 0 fully saturated rings. The van der Waals surface area contributed by atoms with Gasteiger partial charge in [0.15, 0.2) is 0 Å². The first-order valence-corrected chi connectivity index (χ1v) is 7.07. The Labute approximate surface area is 121 Å². The van der Waals surface area contributed by atoms with Crippen LogP contribution in [0.1, 0.15) is 20.8 Å². The average Bonchev–Trinajstić information content (AvgIpc) is 2.42. The molecule has 2 unspecified atom stereocenters. The van der Waals surface area contributed by atoms with Gasteiger partial charge >= 0.3 is 0 Å². The van der Waals surface area contributed by atoms with E-state index in [1.165, 1.54) is 0 Å². The van der Waals surface area contributed by atoms with Crippen LogP contribution in [-0.2, 0) is 9.47 Å². The zero-order valence-electron chi connectivity index (χ0n) is 12.9. The predicted octanol–water partition coefficient (Wildman–Crippen LogP) is -0.730. The van der Waals surface area contributed by atoms with Gasteiger partial charge in [0.05, 0.1) is 25.7 Å². The van der Waals surface area contributed by atoms with Crippen LogP contribution in [0.3, 0.4) is 0 Å². The third-order valence-corrected chi connectivity index (χ3v) is 2.97. The lowest BCUT2D eigenvalue weighted by Gasteiger charge is -2.28. The highest BCUT2D eigenvalue weighted by molar-refractivity contribution is 4.64. The molecule has 0 amide bonds. The Morgan fingerprint density at radius 3 is 1.65 bits per heavy atom. The van der Waals surface area contributed by atoms with Gasteiger partial charge in [0.2, 0.25) is 0 Å². The fourth-order valence-corrected chi connectivity index (χ4v) is 1.97. The SMILES string of the molecule is CCOC(C)CN(CO)CCN(CO)CC(C)OCO. The molecule has 0 aliphatic rings. The number of rotatable bonds is 13. The molecule has 20 heavy (non-hydrogen) atoms. The van der Waals surface area contributed by atoms with Crippen molar-refractivity contribution in [2.45, 2.75) is 33.0 Å². The van der Waals surface area contributed by atoms with Crippen molar-refractivity contribution in [3.05, 3.63) is 0 Å². The first-order valence-electron chi connectivity index (χ1n) is 7.07. The van der Waals surface area contributed by atoms with Crippen LogP contribution < -0.4 is 0 Å². The second-order valence-corrected chi connectivity index (χ2v) is 4.81. The lowest BCUT2D eigenvalue weighted by molar-refractivity contribution is -0.0629. The normalized spacial score (nSPS) is 15.0. The molecule has 0 aromatic heterocycles. The van der Waals surface area contributed by atoms with Crippen molar-refractivity contribution in [1.29, 1.82) is 0 Å². The number of hydrogen-bond donors (Lipinski definition) is 3. The van der Waals surface area contributed by atoms with Crippen molar-refractivity contribution < 1.29 is 24.8 Å². The molecule has 0 heterocycles. The number of nitrogens with zero attached hydrogens (tertiary/aromatic N) is 2. The Morgan fingerprint density at radius 1 is 0.850 bits per heavy atom. The van der Waals surface area contributed by atoms with E-state index < -0.39 is 0 Å². The Morgan fingerprint density at radius 2 is 1.30 bits per heavy atom. The first kappa shape index (κ1) is 19.7. The fourth-order valence-electron chi connectivity index (χ4n) is 1.97. The summed E-state index contributed by atoms with van der Waals surface area (Å²) in [5.41, 5.74) is 0. The van der Waals surface area contributed by atoms with Gasteiger partial charge in [-0.25, -0.2) is 0 Å². The van der Waals surface area contributed by atoms with E-state index >= 15 is 0 Å². The third-order valence-electron chi connectivity index (χ3n) is 2.97. The van der Waals surface area contributed by atoms with E-state index in [0.717, 1.165) is 0 Å². The maximum atomic E-state index is 9.33. The summed E-state index contributed by atoms with van der Waals surface area (Å²) in [6.45, 7) is 8.34. The van der Waals surface area contributed by atoms with Gasteiger partial charge in [0, 0.05) is 32.8 Å². The summed E-state index contributed by atoms with van der Waals surface area (Å²) >= 11 is 0. The van der Waals surface area contributed by atoms with Gasteiger partial charge in [-0.3, -0.25) is 9.80 Å². The predicted molar refractivity (Wildman–Crippen MR) is 76.0 cm³/mol. The summed E-state index contributed by atoms with van der Waals surface area (Å²) in [5.74, 6) is 0. The molecule has 0 radical (unpaired) electrons. The topological polar surface area (TPSA) is 85.6 Å². The summed E-state index contributed by atoms with van der Waals surface area (Å²) in [6, 6.07) is 0. The molecule has 0 spiro atoms. The molecule has 0 aromatic carbocycles. The molecule has 0 rings (SSSR count). The standard InChI is InChI=1S/C13H30N2O5/c1-4-19-12(2)7-14(9-16)5-6-15(10-17)8-13(3)20-11-18/h12-13,16-18H,4-11H2,1-3H3. The summed E-state index contributed by atoms with van der Waals surface area (Å²) in [6.07, 6.45) is -0.0940. The van der Waals surface area contributed by atoms with Crippen molar-refractivity contribution in [2.75, 3.05) is 53.0 Å².